The molecule has 5 heterocycles. The molecule has 0 spiro atoms. The lowest BCUT2D eigenvalue weighted by molar-refractivity contribution is 0.0949. The van der Waals surface area contributed by atoms with Crippen LogP contribution in [0, 0.1) is 0 Å². The lowest BCUT2D eigenvalue weighted by atomic mass is 10.2. The summed E-state index contributed by atoms with van der Waals surface area (Å²) in [6.07, 6.45) is 3.77. The zero-order valence-electron chi connectivity index (χ0n) is 12.2. The Kier molecular flexibility index (Phi) is 4.74. The highest BCUT2D eigenvalue weighted by Crippen LogP contribution is 2.67. The molecular weight excluding hydrogens is 419 g/mol. The molecule has 0 saturated heterocycles. The second kappa shape index (κ2) is 7.00. The van der Waals surface area contributed by atoms with Crippen molar-refractivity contribution in [1.29, 1.82) is 0 Å². The summed E-state index contributed by atoms with van der Waals surface area (Å²) in [6.45, 7) is 1.31. The maximum atomic E-state index is 5.70. The number of nitrogens with zero attached hydrogens (tertiary/aromatic N) is 1. The van der Waals surface area contributed by atoms with Crippen molar-refractivity contribution in [3.63, 3.8) is 0 Å². The topological polar surface area (TPSA) is 31.4 Å². The summed E-state index contributed by atoms with van der Waals surface area (Å²) in [7, 11) is 0. The standard InChI is InChI=1S/C15H11NO2S6/c1-3-16-4-2-8(1)9-7-19-12-13(20-9)24-15(23-12)14-21-10-11(22-14)18-6-5-17-10/h1-4,9H,5-7H2/t9-/m1/s1. The molecule has 0 bridgehead atoms. The van der Waals surface area contributed by atoms with E-state index in [0.717, 1.165) is 15.9 Å². The third-order valence-corrected chi connectivity index (χ3v) is 12.4. The average Bonchev–Trinajstić information content (AvgIpc) is 3.25. The lowest BCUT2D eigenvalue weighted by Crippen LogP contribution is -2.08. The van der Waals surface area contributed by atoms with Gasteiger partial charge in [-0.1, -0.05) is 23.5 Å². The Hall–Kier alpha value is 0.0700. The Bertz CT molecular complexity index is 755. The molecule has 0 fully saturated rings. The van der Waals surface area contributed by atoms with Gasteiger partial charge in [0.15, 0.2) is 0 Å². The second-order valence-corrected chi connectivity index (χ2v) is 12.3. The number of pyridine rings is 1. The van der Waals surface area contributed by atoms with Crippen molar-refractivity contribution in [2.45, 2.75) is 5.25 Å². The minimum Gasteiger partial charge on any atom is -0.480 e. The first kappa shape index (κ1) is 16.3. The molecule has 1 aromatic rings. The van der Waals surface area contributed by atoms with Crippen LogP contribution in [0.25, 0.3) is 0 Å². The molecule has 0 radical (unpaired) electrons. The third-order valence-electron chi connectivity index (χ3n) is 3.48. The van der Waals surface area contributed by atoms with Crippen molar-refractivity contribution < 1.29 is 9.47 Å². The van der Waals surface area contributed by atoms with Crippen molar-refractivity contribution >= 4 is 70.6 Å². The van der Waals surface area contributed by atoms with Gasteiger partial charge in [-0.2, -0.15) is 0 Å². The molecule has 0 saturated carbocycles. The Balaban J connectivity index is 1.32. The van der Waals surface area contributed by atoms with Crippen molar-refractivity contribution in [2.75, 3.05) is 19.0 Å². The molecule has 124 valence electrons. The summed E-state index contributed by atoms with van der Waals surface area (Å²) in [5, 5.41) is 2.39. The summed E-state index contributed by atoms with van der Waals surface area (Å²) in [5.41, 5.74) is 1.37. The second-order valence-electron chi connectivity index (χ2n) is 5.03. The highest BCUT2D eigenvalue weighted by molar-refractivity contribution is 8.43. The van der Waals surface area contributed by atoms with Gasteiger partial charge in [0.1, 0.15) is 13.2 Å². The van der Waals surface area contributed by atoms with Gasteiger partial charge in [-0.15, -0.1) is 23.5 Å². The van der Waals surface area contributed by atoms with Crippen LogP contribution in [0.2, 0.25) is 0 Å². The largest absolute Gasteiger partial charge is 0.480 e. The van der Waals surface area contributed by atoms with E-state index in [0.29, 0.717) is 18.5 Å². The third kappa shape index (κ3) is 3.12. The highest BCUT2D eigenvalue weighted by Gasteiger charge is 2.36. The Labute approximate surface area is 165 Å². The number of rotatable bonds is 1. The van der Waals surface area contributed by atoms with E-state index in [4.69, 9.17) is 9.47 Å². The molecular formula is C15H11NO2S6. The summed E-state index contributed by atoms with van der Waals surface area (Å²) in [5.74, 6) is 1.12. The monoisotopic (exact) mass is 429 g/mol. The van der Waals surface area contributed by atoms with Gasteiger partial charge in [0, 0.05) is 23.4 Å². The van der Waals surface area contributed by atoms with Gasteiger partial charge in [0.05, 0.1) is 16.9 Å². The van der Waals surface area contributed by atoms with Gasteiger partial charge >= 0.3 is 0 Å². The van der Waals surface area contributed by atoms with E-state index in [1.807, 2.05) is 59.4 Å². The first-order chi connectivity index (χ1) is 11.9. The van der Waals surface area contributed by atoms with Gasteiger partial charge in [-0.05, 0) is 41.2 Å². The fourth-order valence-electron chi connectivity index (χ4n) is 2.37. The predicted octanol–water partition coefficient (Wildman–Crippen LogP) is 5.99. The van der Waals surface area contributed by atoms with Gasteiger partial charge in [-0.25, -0.2) is 0 Å². The minimum absolute atomic E-state index is 0.510. The molecule has 0 amide bonds. The van der Waals surface area contributed by atoms with E-state index in [-0.39, 0.29) is 0 Å². The zero-order chi connectivity index (χ0) is 15.9. The maximum Gasteiger partial charge on any atom is 0.208 e. The molecule has 4 aliphatic rings. The molecule has 1 aromatic heterocycles. The molecule has 0 N–H and O–H groups in total. The number of ether oxygens (including phenoxy) is 2. The van der Waals surface area contributed by atoms with E-state index in [1.165, 1.54) is 22.5 Å². The van der Waals surface area contributed by atoms with Crippen LogP contribution in [0.5, 0.6) is 0 Å². The molecule has 5 rings (SSSR count). The SMILES string of the molecule is c1cc([C@H]2CSC3=C(SC(=C4SC5=C(OCCO5)S4)S3)S2)ccn1. The van der Waals surface area contributed by atoms with Crippen molar-refractivity contribution in [1.82, 2.24) is 4.98 Å². The van der Waals surface area contributed by atoms with Gasteiger partial charge in [0.25, 0.3) is 0 Å². The van der Waals surface area contributed by atoms with E-state index >= 15 is 0 Å². The van der Waals surface area contributed by atoms with Crippen LogP contribution >= 0.6 is 70.6 Å². The van der Waals surface area contributed by atoms with Crippen LogP contribution in [0.3, 0.4) is 0 Å². The smallest absolute Gasteiger partial charge is 0.208 e. The van der Waals surface area contributed by atoms with Gasteiger partial charge in [-0.3, -0.25) is 4.98 Å². The van der Waals surface area contributed by atoms with Gasteiger partial charge < -0.3 is 9.47 Å². The van der Waals surface area contributed by atoms with Crippen LogP contribution in [0.15, 0.2) is 51.7 Å². The molecule has 9 heteroatoms. The first-order valence-corrected chi connectivity index (χ1v) is 12.4. The Morgan fingerprint density at radius 2 is 1.50 bits per heavy atom. The minimum atomic E-state index is 0.510. The lowest BCUT2D eigenvalue weighted by Gasteiger charge is -2.21. The molecule has 24 heavy (non-hydrogen) atoms. The van der Waals surface area contributed by atoms with Crippen LogP contribution in [-0.2, 0) is 9.47 Å². The van der Waals surface area contributed by atoms with Crippen LogP contribution in [-0.4, -0.2) is 24.0 Å². The van der Waals surface area contributed by atoms with E-state index in [1.54, 1.807) is 23.5 Å². The predicted molar refractivity (Wildman–Crippen MR) is 110 cm³/mol. The zero-order valence-corrected chi connectivity index (χ0v) is 17.1. The number of hydrogen-bond acceptors (Lipinski definition) is 9. The first-order valence-electron chi connectivity index (χ1n) is 7.26. The fourth-order valence-corrected chi connectivity index (χ4v) is 11.3. The summed E-state index contributed by atoms with van der Waals surface area (Å²) in [4.78, 5) is 4.13. The molecule has 3 nitrogen and oxygen atoms in total. The maximum absolute atomic E-state index is 5.70. The van der Waals surface area contributed by atoms with Crippen molar-refractivity contribution in [3.8, 4) is 0 Å². The summed E-state index contributed by atoms with van der Waals surface area (Å²) >= 11 is 11.2. The number of aromatic nitrogens is 1. The van der Waals surface area contributed by atoms with Crippen molar-refractivity contribution in [2.24, 2.45) is 0 Å². The van der Waals surface area contributed by atoms with Crippen LogP contribution < -0.4 is 0 Å². The molecule has 4 aliphatic heterocycles. The molecule has 0 aliphatic carbocycles. The number of hydrogen-bond donors (Lipinski definition) is 0. The summed E-state index contributed by atoms with van der Waals surface area (Å²) < 4.78 is 17.0. The Morgan fingerprint density at radius 1 is 0.833 bits per heavy atom. The fraction of sp³-hybridized carbons (Fsp3) is 0.267. The summed E-state index contributed by atoms with van der Waals surface area (Å²) in [6, 6.07) is 4.26. The average molecular weight is 430 g/mol. The normalized spacial score (nSPS) is 26.2. The quantitative estimate of drug-likeness (QED) is 0.534. The molecule has 0 aromatic carbocycles. The van der Waals surface area contributed by atoms with E-state index in [9.17, 15) is 0 Å². The highest BCUT2D eigenvalue weighted by atomic mass is 32.3. The van der Waals surface area contributed by atoms with Crippen molar-refractivity contribution in [3.05, 3.63) is 57.2 Å². The van der Waals surface area contributed by atoms with E-state index < -0.39 is 0 Å². The van der Waals surface area contributed by atoms with Gasteiger partial charge in [0.2, 0.25) is 10.2 Å². The van der Waals surface area contributed by atoms with E-state index in [2.05, 4.69) is 17.1 Å². The van der Waals surface area contributed by atoms with Crippen LogP contribution in [0.4, 0.5) is 0 Å². The number of thioether (sulfide) groups is 6. The molecule has 0 unspecified atom stereocenters. The molecule has 1 atom stereocenters. The van der Waals surface area contributed by atoms with Crippen LogP contribution in [0.1, 0.15) is 10.8 Å². The Morgan fingerprint density at radius 3 is 2.25 bits per heavy atom.